The van der Waals surface area contributed by atoms with Crippen molar-refractivity contribution in [1.82, 2.24) is 9.97 Å². The molecular weight excluding hydrogens is 626 g/mol. The predicted molar refractivity (Wildman–Crippen MR) is 162 cm³/mol. The number of fused-ring (bicyclic) bond motifs is 2. The van der Waals surface area contributed by atoms with Gasteiger partial charge in [-0.3, -0.25) is 4.79 Å². The number of aromatic nitrogens is 2. The van der Waals surface area contributed by atoms with Crippen LogP contribution in [0.25, 0.3) is 21.8 Å². The van der Waals surface area contributed by atoms with E-state index in [9.17, 15) is 36.2 Å². The van der Waals surface area contributed by atoms with Gasteiger partial charge in [-0.25, -0.2) is 36.3 Å². The molecule has 12 heteroatoms. The zero-order valence-corrected chi connectivity index (χ0v) is 24.9. The van der Waals surface area contributed by atoms with Crippen LogP contribution in [0.2, 0.25) is 0 Å². The lowest BCUT2D eigenvalue weighted by Crippen LogP contribution is -2.18. The van der Waals surface area contributed by atoms with Crippen molar-refractivity contribution in [3.8, 4) is 23.0 Å². The molecule has 0 spiro atoms. The lowest BCUT2D eigenvalue weighted by Gasteiger charge is -2.22. The van der Waals surface area contributed by atoms with E-state index in [1.165, 1.54) is 87.8 Å². The lowest BCUT2D eigenvalue weighted by atomic mass is 9.97. The van der Waals surface area contributed by atoms with Crippen LogP contribution in [0.3, 0.4) is 0 Å². The zero-order chi connectivity index (χ0) is 34.0. The first-order valence-corrected chi connectivity index (χ1v) is 13.9. The highest BCUT2D eigenvalue weighted by Crippen LogP contribution is 2.36. The highest BCUT2D eigenvalue weighted by Gasteiger charge is 2.26. The molecule has 240 valence electrons. The fourth-order valence-electron chi connectivity index (χ4n) is 4.72. The van der Waals surface area contributed by atoms with E-state index in [4.69, 9.17) is 9.47 Å². The van der Waals surface area contributed by atoms with Crippen LogP contribution < -0.4 is 9.47 Å². The minimum atomic E-state index is -1.46. The number of carbonyl (C=O) groups excluding carboxylic acids is 1. The van der Waals surface area contributed by atoms with E-state index >= 15 is 0 Å². The van der Waals surface area contributed by atoms with E-state index in [0.717, 1.165) is 18.2 Å². The average molecular weight is 651 g/mol. The summed E-state index contributed by atoms with van der Waals surface area (Å²) in [6.07, 6.45) is 2.39. The third-order valence-corrected chi connectivity index (χ3v) is 6.81. The first-order valence-electron chi connectivity index (χ1n) is 13.9. The van der Waals surface area contributed by atoms with Crippen molar-refractivity contribution >= 4 is 27.6 Å². The minimum Gasteiger partial charge on any atom is -0.455 e. The quantitative estimate of drug-likeness (QED) is 0.143. The van der Waals surface area contributed by atoms with Gasteiger partial charge in [-0.15, -0.1) is 0 Å². The molecule has 6 rings (SSSR count). The Balaban J connectivity index is 0.000000185. The van der Waals surface area contributed by atoms with Crippen molar-refractivity contribution in [2.75, 3.05) is 0 Å². The topological polar surface area (TPSA) is 81.5 Å². The highest BCUT2D eigenvalue weighted by molar-refractivity contribution is 5.97. The summed E-state index contributed by atoms with van der Waals surface area (Å²) in [6.45, 7) is 4.10. The second kappa shape index (κ2) is 13.1. The van der Waals surface area contributed by atoms with Crippen LogP contribution in [0.1, 0.15) is 36.7 Å². The molecule has 2 aromatic heterocycles. The van der Waals surface area contributed by atoms with Crippen LogP contribution >= 0.6 is 0 Å². The summed E-state index contributed by atoms with van der Waals surface area (Å²) in [5.41, 5.74) is -1.90. The van der Waals surface area contributed by atoms with Gasteiger partial charge >= 0.3 is 0 Å². The van der Waals surface area contributed by atoms with Gasteiger partial charge in [-0.1, -0.05) is 12.1 Å². The van der Waals surface area contributed by atoms with E-state index in [1.807, 2.05) is 0 Å². The summed E-state index contributed by atoms with van der Waals surface area (Å²) >= 11 is 0. The molecule has 0 atom stereocenters. The highest BCUT2D eigenvalue weighted by atomic mass is 19.2. The van der Waals surface area contributed by atoms with Gasteiger partial charge in [0.1, 0.15) is 45.7 Å². The number of hydrogen-bond acceptors (Lipinski definition) is 6. The van der Waals surface area contributed by atoms with E-state index in [1.54, 1.807) is 0 Å². The van der Waals surface area contributed by atoms with E-state index < -0.39 is 46.3 Å². The van der Waals surface area contributed by atoms with E-state index in [-0.39, 0.29) is 45.2 Å². The van der Waals surface area contributed by atoms with Crippen LogP contribution in [0.5, 0.6) is 23.0 Å². The summed E-state index contributed by atoms with van der Waals surface area (Å²) in [6, 6.07) is 15.8. The monoisotopic (exact) mass is 650 g/mol. The number of benzene rings is 4. The molecule has 0 bridgehead atoms. The number of aliphatic hydroxyl groups is 1. The Kier molecular flexibility index (Phi) is 9.16. The number of Topliss-reactive ketones (excluding diaryl/α,β-unsaturated/α-hetero) is 1. The summed E-state index contributed by atoms with van der Waals surface area (Å²) in [5.74, 6) is -5.33. The summed E-state index contributed by atoms with van der Waals surface area (Å²) < 4.78 is 92.5. The molecule has 0 aliphatic rings. The number of halogens is 6. The molecule has 0 amide bonds. The van der Waals surface area contributed by atoms with Crippen LogP contribution in [-0.4, -0.2) is 20.9 Å². The first-order chi connectivity index (χ1) is 22.2. The van der Waals surface area contributed by atoms with Crippen LogP contribution in [0, 0.1) is 34.9 Å². The van der Waals surface area contributed by atoms with Crippen molar-refractivity contribution in [2.24, 2.45) is 0 Å². The number of hydrogen-bond donors (Lipinski definition) is 1. The number of pyridine rings is 2. The van der Waals surface area contributed by atoms with Crippen molar-refractivity contribution < 1.29 is 45.7 Å². The van der Waals surface area contributed by atoms with Crippen molar-refractivity contribution in [1.29, 1.82) is 0 Å². The number of ketones is 1. The fraction of sp³-hybridized carbons (Fsp3) is 0.114. The van der Waals surface area contributed by atoms with Crippen LogP contribution in [0.15, 0.2) is 85.2 Å². The Morgan fingerprint density at radius 2 is 1.13 bits per heavy atom. The van der Waals surface area contributed by atoms with Crippen molar-refractivity contribution in [3.05, 3.63) is 131 Å². The molecule has 0 fully saturated rings. The number of rotatable bonds is 6. The maximum Gasteiger partial charge on any atom is 0.184 e. The van der Waals surface area contributed by atoms with Gasteiger partial charge in [0.05, 0.1) is 29.1 Å². The molecule has 6 aromatic rings. The maximum atomic E-state index is 14.1. The fourth-order valence-corrected chi connectivity index (χ4v) is 4.72. The Labute approximate surface area is 263 Å². The molecule has 6 nitrogen and oxygen atoms in total. The normalized spacial score (nSPS) is 11.3. The molecule has 2 heterocycles. The summed E-state index contributed by atoms with van der Waals surface area (Å²) in [4.78, 5) is 19.2. The van der Waals surface area contributed by atoms with Gasteiger partial charge in [-0.2, -0.15) is 0 Å². The molecule has 0 aliphatic carbocycles. The van der Waals surface area contributed by atoms with Crippen LogP contribution in [0.4, 0.5) is 26.3 Å². The van der Waals surface area contributed by atoms with E-state index in [0.29, 0.717) is 10.8 Å². The van der Waals surface area contributed by atoms with Gasteiger partial charge in [0.15, 0.2) is 29.1 Å². The standard InChI is InChI=1S/C18H14F3NO2.C17H10F3NO2/c1-18(2,23)15-12(19)4-3-5-14(15)24-11-8-10-6-7-13(20)16(21)17(10)22-9-11;1-9(22)15-12(18)3-2-4-14(15)23-11-7-10-5-6-13(19)16(20)17(10)21-8-11/h3-9,23H,1-2H3;2-8H,1H3. The average Bonchev–Trinajstić information content (AvgIpc) is 3.00. The molecule has 0 radical (unpaired) electrons. The minimum absolute atomic E-state index is 0.00427. The molecule has 1 N–H and O–H groups in total. The number of ether oxygens (including phenoxy) is 2. The first kappa shape index (κ1) is 32.9. The van der Waals surface area contributed by atoms with Crippen LogP contribution in [-0.2, 0) is 5.60 Å². The largest absolute Gasteiger partial charge is 0.455 e. The third-order valence-electron chi connectivity index (χ3n) is 6.81. The second-order valence-electron chi connectivity index (χ2n) is 10.8. The Morgan fingerprint density at radius 1 is 0.660 bits per heavy atom. The van der Waals surface area contributed by atoms with Crippen molar-refractivity contribution in [2.45, 2.75) is 26.4 Å². The molecule has 0 aliphatic heterocycles. The Morgan fingerprint density at radius 3 is 1.62 bits per heavy atom. The number of carbonyl (C=O) groups is 1. The lowest BCUT2D eigenvalue weighted by molar-refractivity contribution is 0.0720. The second-order valence-corrected chi connectivity index (χ2v) is 10.8. The third kappa shape index (κ3) is 7.02. The zero-order valence-electron chi connectivity index (χ0n) is 24.9. The summed E-state index contributed by atoms with van der Waals surface area (Å²) in [7, 11) is 0. The van der Waals surface area contributed by atoms with E-state index in [2.05, 4.69) is 9.97 Å². The molecule has 0 saturated carbocycles. The molecule has 47 heavy (non-hydrogen) atoms. The van der Waals surface area contributed by atoms with Gasteiger partial charge in [0, 0.05) is 10.8 Å². The van der Waals surface area contributed by atoms with Gasteiger partial charge in [0.2, 0.25) is 0 Å². The maximum absolute atomic E-state index is 14.1. The predicted octanol–water partition coefficient (Wildman–Crippen LogP) is 9.32. The SMILES string of the molecule is CC(=O)c1c(F)cccc1Oc1cnc2c(F)c(F)ccc2c1.CC(C)(O)c1c(F)cccc1Oc1cnc2c(F)c(F)ccc2c1. The molecule has 0 unspecified atom stereocenters. The molecule has 4 aromatic carbocycles. The van der Waals surface area contributed by atoms with Gasteiger partial charge in [-0.05, 0) is 81.4 Å². The number of nitrogens with zero attached hydrogens (tertiary/aromatic N) is 2. The molecule has 0 saturated heterocycles. The molecular formula is C35H24F6N2O4. The Bertz CT molecular complexity index is 2150. The van der Waals surface area contributed by atoms with Crippen molar-refractivity contribution in [3.63, 3.8) is 0 Å². The van der Waals surface area contributed by atoms with Gasteiger partial charge in [0.25, 0.3) is 0 Å². The Hall–Kier alpha value is -5.49. The summed E-state index contributed by atoms with van der Waals surface area (Å²) in [5, 5.41) is 10.8. The van der Waals surface area contributed by atoms with Gasteiger partial charge < -0.3 is 14.6 Å². The smallest absolute Gasteiger partial charge is 0.184 e.